The van der Waals surface area contributed by atoms with E-state index < -0.39 is 0 Å². The largest absolute Gasteiger partial charge is 0.454 e. The number of fused-ring (bicyclic) bond motifs is 1. The van der Waals surface area contributed by atoms with Crippen molar-refractivity contribution in [3.05, 3.63) is 70.3 Å². The maximum absolute atomic E-state index is 6.06. The van der Waals surface area contributed by atoms with E-state index >= 15 is 0 Å². The molecule has 4 nitrogen and oxygen atoms in total. The minimum absolute atomic E-state index is 0.616. The highest BCUT2D eigenvalue weighted by atomic mass is 32.1. The van der Waals surface area contributed by atoms with Crippen molar-refractivity contribution in [3.8, 4) is 11.5 Å². The smallest absolute Gasteiger partial charge is 0.190 e. The summed E-state index contributed by atoms with van der Waals surface area (Å²) in [5.74, 6) is 0.851. The molecule has 0 aliphatic carbocycles. The molecule has 26 heavy (non-hydrogen) atoms. The molecule has 0 radical (unpaired) electrons. The number of aryl methyl sites for hydroxylation is 1. The third-order valence-corrected chi connectivity index (χ3v) is 5.12. The minimum atomic E-state index is 0.616. The third-order valence-electron chi connectivity index (χ3n) is 4.25. The number of benzene rings is 2. The molecule has 0 unspecified atom stereocenters. The van der Waals surface area contributed by atoms with Crippen LogP contribution in [0, 0.1) is 6.92 Å². The Balaban J connectivity index is 1.82. The van der Waals surface area contributed by atoms with Crippen LogP contribution in [0.15, 0.2) is 69.4 Å². The van der Waals surface area contributed by atoms with Gasteiger partial charge in [-0.2, -0.15) is 0 Å². The Bertz CT molecular complexity index is 1050. The van der Waals surface area contributed by atoms with Gasteiger partial charge in [0.1, 0.15) is 5.58 Å². The van der Waals surface area contributed by atoms with Gasteiger partial charge in [0.15, 0.2) is 10.6 Å². The predicted octanol–water partition coefficient (Wildman–Crippen LogP) is 5.15. The molecule has 0 aliphatic rings. The van der Waals surface area contributed by atoms with Crippen molar-refractivity contribution in [2.45, 2.75) is 13.5 Å². The summed E-state index contributed by atoms with van der Waals surface area (Å²) in [4.78, 5) is 5.75. The number of thiazole rings is 1. The summed E-state index contributed by atoms with van der Waals surface area (Å²) in [5.41, 5.74) is 4.09. The highest BCUT2D eigenvalue weighted by Gasteiger charge is 2.13. The van der Waals surface area contributed by atoms with Crippen LogP contribution in [0.4, 0.5) is 5.69 Å². The molecule has 0 atom stereocenters. The first kappa shape index (κ1) is 16.8. The van der Waals surface area contributed by atoms with Gasteiger partial charge in [0.05, 0.1) is 18.0 Å². The van der Waals surface area contributed by atoms with Crippen LogP contribution >= 0.6 is 11.3 Å². The zero-order chi connectivity index (χ0) is 17.9. The zero-order valence-electron chi connectivity index (χ0n) is 14.8. The van der Waals surface area contributed by atoms with Crippen molar-refractivity contribution in [2.24, 2.45) is 4.99 Å². The molecule has 0 N–H and O–H groups in total. The fourth-order valence-electron chi connectivity index (χ4n) is 2.85. The number of hydrogen-bond acceptors (Lipinski definition) is 4. The van der Waals surface area contributed by atoms with Gasteiger partial charge in [-0.15, -0.1) is 11.3 Å². The van der Waals surface area contributed by atoms with Gasteiger partial charge < -0.3 is 13.7 Å². The van der Waals surface area contributed by atoms with E-state index in [4.69, 9.17) is 14.1 Å². The average molecular weight is 364 g/mol. The van der Waals surface area contributed by atoms with Gasteiger partial charge in [-0.05, 0) is 31.2 Å². The highest BCUT2D eigenvalue weighted by Crippen LogP contribution is 2.28. The van der Waals surface area contributed by atoms with E-state index in [0.29, 0.717) is 6.61 Å². The van der Waals surface area contributed by atoms with Crippen LogP contribution in [-0.2, 0) is 11.3 Å². The van der Waals surface area contributed by atoms with Gasteiger partial charge >= 0.3 is 0 Å². The quantitative estimate of drug-likeness (QED) is 0.491. The minimum Gasteiger partial charge on any atom is -0.454 e. The molecule has 4 aromatic rings. The lowest BCUT2D eigenvalue weighted by atomic mass is 10.2. The molecular formula is C21H20N2O2S. The molecular weight excluding hydrogens is 344 g/mol. The molecule has 5 heteroatoms. The monoisotopic (exact) mass is 364 g/mol. The summed E-state index contributed by atoms with van der Waals surface area (Å²) in [6, 6.07) is 18.4. The lowest BCUT2D eigenvalue weighted by molar-refractivity contribution is 0.187. The standard InChI is InChI=1S/C21H20N2O2S/c1-15-7-9-17(10-8-15)22-21-23(11-12-24-2)18(14-26-21)20-13-16-5-3-4-6-19(16)25-20/h3-10,13-14H,11-12H2,1-2H3. The number of ether oxygens (including phenoxy) is 1. The topological polar surface area (TPSA) is 39.7 Å². The van der Waals surface area contributed by atoms with E-state index in [2.05, 4.69) is 41.1 Å². The van der Waals surface area contributed by atoms with E-state index in [1.54, 1.807) is 18.4 Å². The molecule has 0 saturated heterocycles. The Morgan fingerprint density at radius 2 is 1.92 bits per heavy atom. The van der Waals surface area contributed by atoms with Crippen LogP contribution in [0.5, 0.6) is 0 Å². The summed E-state index contributed by atoms with van der Waals surface area (Å²) >= 11 is 1.61. The Morgan fingerprint density at radius 3 is 2.69 bits per heavy atom. The summed E-state index contributed by atoms with van der Waals surface area (Å²) in [7, 11) is 1.71. The number of methoxy groups -OCH3 is 1. The van der Waals surface area contributed by atoms with Crippen molar-refractivity contribution in [1.82, 2.24) is 4.57 Å². The van der Waals surface area contributed by atoms with E-state index in [9.17, 15) is 0 Å². The Labute approximate surface area is 156 Å². The lowest BCUT2D eigenvalue weighted by Gasteiger charge is -2.06. The van der Waals surface area contributed by atoms with Crippen molar-refractivity contribution in [3.63, 3.8) is 0 Å². The van der Waals surface area contributed by atoms with E-state index in [-0.39, 0.29) is 0 Å². The molecule has 0 spiro atoms. The molecule has 0 aliphatic heterocycles. The molecule has 2 heterocycles. The predicted molar refractivity (Wildman–Crippen MR) is 106 cm³/mol. The molecule has 2 aromatic heterocycles. The van der Waals surface area contributed by atoms with Gasteiger partial charge in [-0.1, -0.05) is 35.9 Å². The second-order valence-corrected chi connectivity index (χ2v) is 6.98. The average Bonchev–Trinajstić information content (AvgIpc) is 3.25. The SMILES string of the molecule is COCCn1c(-c2cc3ccccc3o2)csc1=Nc1ccc(C)cc1. The Hall–Kier alpha value is -2.63. The van der Waals surface area contributed by atoms with Gasteiger partial charge in [0.25, 0.3) is 0 Å². The normalized spacial score (nSPS) is 12.2. The van der Waals surface area contributed by atoms with Gasteiger partial charge in [-0.25, -0.2) is 4.99 Å². The van der Waals surface area contributed by atoms with Gasteiger partial charge in [-0.3, -0.25) is 0 Å². The molecule has 0 amide bonds. The number of para-hydroxylation sites is 1. The first-order valence-corrected chi connectivity index (χ1v) is 9.40. The first-order valence-electron chi connectivity index (χ1n) is 8.52. The van der Waals surface area contributed by atoms with Crippen LogP contribution in [0.25, 0.3) is 22.4 Å². The fraction of sp³-hybridized carbons (Fsp3) is 0.190. The van der Waals surface area contributed by atoms with E-state index in [1.807, 2.05) is 30.3 Å². The van der Waals surface area contributed by atoms with E-state index in [1.165, 1.54) is 5.56 Å². The summed E-state index contributed by atoms with van der Waals surface area (Å²) in [6.07, 6.45) is 0. The van der Waals surface area contributed by atoms with Crippen LogP contribution in [0.1, 0.15) is 5.56 Å². The molecule has 4 rings (SSSR count). The maximum Gasteiger partial charge on any atom is 0.190 e. The van der Waals surface area contributed by atoms with Crippen LogP contribution in [0.3, 0.4) is 0 Å². The summed E-state index contributed by atoms with van der Waals surface area (Å²) < 4.78 is 13.5. The van der Waals surface area contributed by atoms with Crippen LogP contribution in [0.2, 0.25) is 0 Å². The number of rotatable bonds is 5. The zero-order valence-corrected chi connectivity index (χ0v) is 15.6. The number of hydrogen-bond donors (Lipinski definition) is 0. The van der Waals surface area contributed by atoms with Gasteiger partial charge in [0.2, 0.25) is 0 Å². The van der Waals surface area contributed by atoms with Crippen molar-refractivity contribution >= 4 is 28.0 Å². The second kappa shape index (κ2) is 7.32. The van der Waals surface area contributed by atoms with E-state index in [0.717, 1.165) is 39.5 Å². The number of aromatic nitrogens is 1. The van der Waals surface area contributed by atoms with Gasteiger partial charge in [0, 0.05) is 24.4 Å². The lowest BCUT2D eigenvalue weighted by Crippen LogP contribution is -2.18. The number of nitrogens with zero attached hydrogens (tertiary/aromatic N) is 2. The second-order valence-electron chi connectivity index (χ2n) is 6.14. The molecule has 0 bridgehead atoms. The molecule has 0 fully saturated rings. The van der Waals surface area contributed by atoms with Crippen molar-refractivity contribution in [2.75, 3.05) is 13.7 Å². The highest BCUT2D eigenvalue weighted by molar-refractivity contribution is 7.07. The Morgan fingerprint density at radius 1 is 1.12 bits per heavy atom. The first-order chi connectivity index (χ1) is 12.7. The maximum atomic E-state index is 6.06. The number of furan rings is 1. The summed E-state index contributed by atoms with van der Waals surface area (Å²) in [5, 5.41) is 3.20. The fourth-order valence-corrected chi connectivity index (χ4v) is 3.79. The molecule has 2 aromatic carbocycles. The third kappa shape index (κ3) is 3.36. The van der Waals surface area contributed by atoms with Crippen LogP contribution < -0.4 is 4.80 Å². The molecule has 132 valence electrons. The molecule has 0 saturated carbocycles. The van der Waals surface area contributed by atoms with Crippen LogP contribution in [-0.4, -0.2) is 18.3 Å². The van der Waals surface area contributed by atoms with Crippen molar-refractivity contribution in [1.29, 1.82) is 0 Å². The van der Waals surface area contributed by atoms with Crippen molar-refractivity contribution < 1.29 is 9.15 Å². The summed E-state index contributed by atoms with van der Waals surface area (Å²) in [6.45, 7) is 3.41. The Kier molecular flexibility index (Phi) is 4.73.